The van der Waals surface area contributed by atoms with E-state index in [2.05, 4.69) is 10.3 Å². The van der Waals surface area contributed by atoms with E-state index < -0.39 is 15.6 Å². The highest BCUT2D eigenvalue weighted by molar-refractivity contribution is 7.89. The summed E-state index contributed by atoms with van der Waals surface area (Å²) in [7, 11) is -3.80. The van der Waals surface area contributed by atoms with Crippen molar-refractivity contribution in [3.8, 4) is 0 Å². The summed E-state index contributed by atoms with van der Waals surface area (Å²) in [6, 6.07) is 8.38. The van der Waals surface area contributed by atoms with E-state index in [9.17, 15) is 13.2 Å². The van der Waals surface area contributed by atoms with Gasteiger partial charge in [-0.15, -0.1) is 0 Å². The summed E-state index contributed by atoms with van der Waals surface area (Å²) in [5.74, 6) is -0.328. The van der Waals surface area contributed by atoms with Gasteiger partial charge >= 0.3 is 0 Å². The minimum atomic E-state index is -3.80. The Labute approximate surface area is 142 Å². The minimum Gasteiger partial charge on any atom is -0.350 e. The summed E-state index contributed by atoms with van der Waals surface area (Å²) in [6.45, 7) is 7.26. The average molecular weight is 349 g/mol. The van der Waals surface area contributed by atoms with Crippen molar-refractivity contribution in [2.45, 2.75) is 38.1 Å². The molecule has 1 aromatic carbocycles. The highest BCUT2D eigenvalue weighted by Gasteiger charge is 2.28. The van der Waals surface area contributed by atoms with Gasteiger partial charge in [0, 0.05) is 23.7 Å². The van der Waals surface area contributed by atoms with E-state index in [0.29, 0.717) is 10.9 Å². The summed E-state index contributed by atoms with van der Waals surface area (Å²) >= 11 is 0. The summed E-state index contributed by atoms with van der Waals surface area (Å²) < 4.78 is 27.2. The highest BCUT2D eigenvalue weighted by Crippen LogP contribution is 2.24. The third-order valence-electron chi connectivity index (χ3n) is 3.41. The lowest BCUT2D eigenvalue weighted by Gasteiger charge is -2.25. The molecule has 7 heteroatoms. The Morgan fingerprint density at radius 3 is 2.54 bits per heavy atom. The van der Waals surface area contributed by atoms with Gasteiger partial charge in [0.05, 0.1) is 17.0 Å². The topological polar surface area (TPSA) is 79.4 Å². The molecule has 24 heavy (non-hydrogen) atoms. The quantitative estimate of drug-likeness (QED) is 0.897. The molecule has 6 nitrogen and oxygen atoms in total. The molecule has 1 aromatic heterocycles. The molecule has 0 atom stereocenters. The zero-order valence-electron chi connectivity index (χ0n) is 14.4. The Hall–Kier alpha value is -1.99. The minimum absolute atomic E-state index is 0.165. The number of pyridine rings is 1. The zero-order valence-corrected chi connectivity index (χ0v) is 15.2. The molecule has 1 N–H and O–H groups in total. The highest BCUT2D eigenvalue weighted by atomic mass is 32.2. The molecule has 2 aromatic rings. The van der Waals surface area contributed by atoms with Gasteiger partial charge in [-0.25, -0.2) is 8.42 Å². The molecule has 0 spiro atoms. The molecule has 0 aliphatic carbocycles. The summed E-state index contributed by atoms with van der Waals surface area (Å²) in [6.07, 6.45) is 1.62. The molecular formula is C17H23N3O3S. The number of carbonyl (C=O) groups is 1. The lowest BCUT2D eigenvalue weighted by molar-refractivity contribution is -0.122. The van der Waals surface area contributed by atoms with Crippen LogP contribution >= 0.6 is 0 Å². The number of aromatic nitrogens is 1. The van der Waals surface area contributed by atoms with Crippen molar-refractivity contribution in [1.82, 2.24) is 14.6 Å². The fourth-order valence-corrected chi connectivity index (χ4v) is 4.03. The van der Waals surface area contributed by atoms with Gasteiger partial charge < -0.3 is 5.32 Å². The number of carbonyl (C=O) groups excluding carboxylic acids is 1. The fourth-order valence-electron chi connectivity index (χ4n) is 2.42. The predicted octanol–water partition coefficient (Wildman–Crippen LogP) is 2.16. The molecule has 130 valence electrons. The molecule has 1 amide bonds. The smallest absolute Gasteiger partial charge is 0.244 e. The van der Waals surface area contributed by atoms with Gasteiger partial charge in [0.15, 0.2) is 0 Å². The monoisotopic (exact) mass is 349 g/mol. The number of likely N-dealkylation sites (N-methyl/N-ethyl adjacent to an activating group) is 1. The molecule has 0 aliphatic rings. The number of hydrogen-bond donors (Lipinski definition) is 1. The first kappa shape index (κ1) is 18.4. The van der Waals surface area contributed by atoms with E-state index in [1.54, 1.807) is 43.5 Å². The third-order valence-corrected chi connectivity index (χ3v) is 5.39. The van der Waals surface area contributed by atoms with E-state index in [-0.39, 0.29) is 23.9 Å². The van der Waals surface area contributed by atoms with Gasteiger partial charge in [-0.2, -0.15) is 4.31 Å². The van der Waals surface area contributed by atoms with Crippen molar-refractivity contribution in [2.75, 3.05) is 13.1 Å². The SMILES string of the molecule is CCN(CC(=O)NC(C)(C)C)S(=O)(=O)c1cccc2ncccc12. The van der Waals surface area contributed by atoms with Crippen LogP contribution in [0.25, 0.3) is 10.9 Å². The Morgan fingerprint density at radius 1 is 1.21 bits per heavy atom. The van der Waals surface area contributed by atoms with Crippen LogP contribution < -0.4 is 5.32 Å². The Morgan fingerprint density at radius 2 is 1.92 bits per heavy atom. The number of nitrogens with zero attached hydrogens (tertiary/aromatic N) is 2. The van der Waals surface area contributed by atoms with Crippen molar-refractivity contribution in [2.24, 2.45) is 0 Å². The molecule has 0 saturated carbocycles. The van der Waals surface area contributed by atoms with Crippen molar-refractivity contribution < 1.29 is 13.2 Å². The molecule has 0 radical (unpaired) electrons. The lowest BCUT2D eigenvalue weighted by atomic mass is 10.1. The maximum Gasteiger partial charge on any atom is 0.244 e. The Balaban J connectivity index is 2.38. The van der Waals surface area contributed by atoms with Crippen LogP contribution in [0.4, 0.5) is 0 Å². The number of benzene rings is 1. The molecule has 0 aliphatic heterocycles. The van der Waals surface area contributed by atoms with Crippen LogP contribution in [0.1, 0.15) is 27.7 Å². The Bertz CT molecular complexity index is 836. The van der Waals surface area contributed by atoms with Crippen LogP contribution in [0.2, 0.25) is 0 Å². The van der Waals surface area contributed by atoms with Crippen LogP contribution in [0.3, 0.4) is 0 Å². The van der Waals surface area contributed by atoms with Gasteiger partial charge in [-0.05, 0) is 45.0 Å². The fraction of sp³-hybridized carbons (Fsp3) is 0.412. The molecule has 0 fully saturated rings. The number of nitrogens with one attached hydrogen (secondary N) is 1. The van der Waals surface area contributed by atoms with Crippen LogP contribution in [0.15, 0.2) is 41.4 Å². The average Bonchev–Trinajstić information content (AvgIpc) is 2.50. The van der Waals surface area contributed by atoms with Crippen molar-refractivity contribution in [3.63, 3.8) is 0 Å². The molecular weight excluding hydrogens is 326 g/mol. The van der Waals surface area contributed by atoms with Gasteiger partial charge in [-0.3, -0.25) is 9.78 Å². The first-order valence-corrected chi connectivity index (χ1v) is 9.24. The summed E-state index contributed by atoms with van der Waals surface area (Å²) in [4.78, 5) is 16.5. The number of sulfonamides is 1. The number of amides is 1. The van der Waals surface area contributed by atoms with E-state index in [1.807, 2.05) is 20.8 Å². The van der Waals surface area contributed by atoms with Crippen LogP contribution in [-0.2, 0) is 14.8 Å². The zero-order chi connectivity index (χ0) is 18.0. The molecule has 1 heterocycles. The summed E-state index contributed by atoms with van der Waals surface area (Å²) in [5, 5.41) is 3.34. The molecule has 0 unspecified atom stereocenters. The second kappa shape index (κ2) is 6.86. The summed E-state index contributed by atoms with van der Waals surface area (Å²) in [5.41, 5.74) is 0.192. The van der Waals surface area contributed by atoms with Gasteiger partial charge in [0.1, 0.15) is 0 Å². The second-order valence-corrected chi connectivity index (χ2v) is 8.46. The first-order valence-electron chi connectivity index (χ1n) is 7.80. The number of fused-ring (bicyclic) bond motifs is 1. The third kappa shape index (κ3) is 4.10. The standard InChI is InChI=1S/C17H23N3O3S/c1-5-20(12-16(21)19-17(2,3)4)24(22,23)15-10-6-9-14-13(15)8-7-11-18-14/h6-11H,5,12H2,1-4H3,(H,19,21). The normalized spacial score (nSPS) is 12.5. The van der Waals surface area contributed by atoms with Crippen LogP contribution in [-0.4, -0.2) is 42.2 Å². The largest absolute Gasteiger partial charge is 0.350 e. The maximum atomic E-state index is 13.0. The van der Waals surface area contributed by atoms with E-state index in [1.165, 1.54) is 4.31 Å². The van der Waals surface area contributed by atoms with Gasteiger partial charge in [-0.1, -0.05) is 13.0 Å². The lowest BCUT2D eigenvalue weighted by Crippen LogP contribution is -2.47. The maximum absolute atomic E-state index is 13.0. The van der Waals surface area contributed by atoms with Gasteiger partial charge in [0.2, 0.25) is 15.9 Å². The van der Waals surface area contributed by atoms with E-state index in [0.717, 1.165) is 0 Å². The van der Waals surface area contributed by atoms with Crippen molar-refractivity contribution in [1.29, 1.82) is 0 Å². The molecule has 0 saturated heterocycles. The number of rotatable bonds is 5. The molecule has 0 bridgehead atoms. The second-order valence-electron chi connectivity index (χ2n) is 6.56. The van der Waals surface area contributed by atoms with Gasteiger partial charge in [0.25, 0.3) is 0 Å². The predicted molar refractivity (Wildman–Crippen MR) is 94.1 cm³/mol. The molecule has 2 rings (SSSR count). The Kier molecular flexibility index (Phi) is 5.25. The van der Waals surface area contributed by atoms with Crippen molar-refractivity contribution >= 4 is 26.8 Å². The first-order chi connectivity index (χ1) is 11.1. The van der Waals surface area contributed by atoms with Crippen molar-refractivity contribution in [3.05, 3.63) is 36.5 Å². The van der Waals surface area contributed by atoms with Crippen LogP contribution in [0.5, 0.6) is 0 Å². The van der Waals surface area contributed by atoms with E-state index in [4.69, 9.17) is 0 Å². The number of hydrogen-bond acceptors (Lipinski definition) is 4. The van der Waals surface area contributed by atoms with Crippen LogP contribution in [0, 0.1) is 0 Å². The van der Waals surface area contributed by atoms with E-state index >= 15 is 0 Å².